The van der Waals surface area contributed by atoms with E-state index in [4.69, 9.17) is 10.5 Å². The van der Waals surface area contributed by atoms with Gasteiger partial charge in [-0.15, -0.1) is 0 Å². The number of nitrogens with two attached hydrogens (primary N) is 1. The van der Waals surface area contributed by atoms with Crippen LogP contribution in [0.3, 0.4) is 0 Å². The number of hydrogen-bond donors (Lipinski definition) is 2. The lowest BCUT2D eigenvalue weighted by Gasteiger charge is -2.39. The molecule has 1 fully saturated rings. The third-order valence-corrected chi connectivity index (χ3v) is 4.86. The van der Waals surface area contributed by atoms with Gasteiger partial charge in [0.2, 0.25) is 5.91 Å². The molecule has 1 unspecified atom stereocenters. The molecule has 0 aromatic carbocycles. The predicted octanol–water partition coefficient (Wildman–Crippen LogP) is 3.04. The number of carbonyl (C=O) groups excluding carboxylic acids is 2. The second kappa shape index (κ2) is 10.8. The minimum Gasteiger partial charge on any atom is -0.401 e. The number of amides is 1. The van der Waals surface area contributed by atoms with Crippen molar-refractivity contribution < 1.29 is 14.3 Å². The van der Waals surface area contributed by atoms with Gasteiger partial charge >= 0.3 is 0 Å². The quantitative estimate of drug-likeness (QED) is 0.396. The monoisotopic (exact) mass is 360 g/mol. The molecule has 1 saturated heterocycles. The summed E-state index contributed by atoms with van der Waals surface area (Å²) in [5.74, 6) is -0.00198. The molecule has 0 aromatic rings. The van der Waals surface area contributed by atoms with Gasteiger partial charge in [-0.1, -0.05) is 44.2 Å². The number of allylic oxidation sites excluding steroid dienone is 4. The summed E-state index contributed by atoms with van der Waals surface area (Å²) in [5, 5.41) is 3.01. The summed E-state index contributed by atoms with van der Waals surface area (Å²) in [6.45, 7) is 11.8. The number of rotatable bonds is 8. The summed E-state index contributed by atoms with van der Waals surface area (Å²) in [4.78, 5) is 22.6. The standard InChI is InChI=1S/C21H32N2O3/c1-6-14(2)7-9-20-16(4)13-19(17(5)26-20)23-21(25)10-8-15(3)18(22)11-12-24/h6-8,10-12,15-17,19-20H,1,9,13,22H2,2-5H3,(H,23,25)/b10-8-,14-7+,18-11?/t15?,16-,17+,19+,20-/m0/s1. The van der Waals surface area contributed by atoms with Crippen LogP contribution >= 0.6 is 0 Å². The lowest BCUT2D eigenvalue weighted by atomic mass is 9.88. The van der Waals surface area contributed by atoms with Crippen LogP contribution in [0.4, 0.5) is 0 Å². The van der Waals surface area contributed by atoms with E-state index in [-0.39, 0.29) is 30.1 Å². The van der Waals surface area contributed by atoms with Crippen LogP contribution < -0.4 is 11.1 Å². The fourth-order valence-electron chi connectivity index (χ4n) is 2.90. The first-order chi connectivity index (χ1) is 12.3. The van der Waals surface area contributed by atoms with Gasteiger partial charge in [-0.25, -0.2) is 0 Å². The first kappa shape index (κ1) is 21.9. The van der Waals surface area contributed by atoms with E-state index < -0.39 is 0 Å². The second-order valence-corrected chi connectivity index (χ2v) is 7.05. The highest BCUT2D eigenvalue weighted by atomic mass is 16.5. The Morgan fingerprint density at radius 1 is 1.42 bits per heavy atom. The molecule has 0 aliphatic carbocycles. The molecule has 0 radical (unpaired) electrons. The molecule has 5 heteroatoms. The van der Waals surface area contributed by atoms with Crippen LogP contribution in [0.2, 0.25) is 0 Å². The Labute approximate surface area is 157 Å². The summed E-state index contributed by atoms with van der Waals surface area (Å²) in [7, 11) is 0. The average Bonchev–Trinajstić information content (AvgIpc) is 2.61. The zero-order chi connectivity index (χ0) is 19.7. The molecule has 0 bridgehead atoms. The molecular weight excluding hydrogens is 328 g/mol. The zero-order valence-electron chi connectivity index (χ0n) is 16.3. The fourth-order valence-corrected chi connectivity index (χ4v) is 2.90. The Morgan fingerprint density at radius 3 is 2.73 bits per heavy atom. The number of nitrogens with one attached hydrogen (secondary N) is 1. The van der Waals surface area contributed by atoms with E-state index in [1.165, 1.54) is 12.2 Å². The van der Waals surface area contributed by atoms with Crippen LogP contribution in [0, 0.1) is 11.8 Å². The second-order valence-electron chi connectivity index (χ2n) is 7.05. The first-order valence-corrected chi connectivity index (χ1v) is 9.12. The van der Waals surface area contributed by atoms with Crippen LogP contribution in [0.5, 0.6) is 0 Å². The predicted molar refractivity (Wildman–Crippen MR) is 105 cm³/mol. The van der Waals surface area contributed by atoms with E-state index >= 15 is 0 Å². The smallest absolute Gasteiger partial charge is 0.243 e. The highest BCUT2D eigenvalue weighted by Gasteiger charge is 2.33. The van der Waals surface area contributed by atoms with Gasteiger partial charge in [0.25, 0.3) is 0 Å². The maximum absolute atomic E-state index is 12.2. The molecular formula is C21H32N2O3. The van der Waals surface area contributed by atoms with Gasteiger partial charge in [0, 0.05) is 11.6 Å². The molecule has 5 atom stereocenters. The third-order valence-electron chi connectivity index (χ3n) is 4.86. The van der Waals surface area contributed by atoms with Crippen LogP contribution in [-0.4, -0.2) is 30.4 Å². The van der Waals surface area contributed by atoms with Crippen molar-refractivity contribution in [2.45, 2.75) is 58.8 Å². The molecule has 0 saturated carbocycles. The van der Waals surface area contributed by atoms with Gasteiger partial charge in [0.15, 0.2) is 0 Å². The van der Waals surface area contributed by atoms with Crippen molar-refractivity contribution in [3.05, 3.63) is 48.2 Å². The molecule has 1 heterocycles. The van der Waals surface area contributed by atoms with Crippen molar-refractivity contribution in [1.82, 2.24) is 5.32 Å². The summed E-state index contributed by atoms with van der Waals surface area (Å²) in [5.41, 5.74) is 7.30. The Balaban J connectivity index is 2.58. The van der Waals surface area contributed by atoms with Gasteiger partial charge in [-0.2, -0.15) is 0 Å². The Morgan fingerprint density at radius 2 is 2.12 bits per heavy atom. The maximum atomic E-state index is 12.2. The lowest BCUT2D eigenvalue weighted by molar-refractivity contribution is -0.123. The first-order valence-electron chi connectivity index (χ1n) is 9.12. The van der Waals surface area contributed by atoms with E-state index in [0.29, 0.717) is 17.9 Å². The number of ether oxygens (including phenoxy) is 1. The Bertz CT molecular complexity index is 592. The number of aldehydes is 1. The van der Waals surface area contributed by atoms with Crippen LogP contribution in [0.1, 0.15) is 40.5 Å². The summed E-state index contributed by atoms with van der Waals surface area (Å²) < 4.78 is 6.12. The Hall–Kier alpha value is -2.14. The molecule has 3 N–H and O–H groups in total. The number of carbonyl (C=O) groups is 2. The highest BCUT2D eigenvalue weighted by Crippen LogP contribution is 2.27. The molecule has 0 spiro atoms. The van der Waals surface area contributed by atoms with E-state index in [0.717, 1.165) is 18.4 Å². The number of hydrogen-bond acceptors (Lipinski definition) is 4. The average molecular weight is 360 g/mol. The molecule has 1 aliphatic heterocycles. The van der Waals surface area contributed by atoms with Crippen molar-refractivity contribution in [1.29, 1.82) is 0 Å². The summed E-state index contributed by atoms with van der Waals surface area (Å²) in [6.07, 6.45) is 10.9. The largest absolute Gasteiger partial charge is 0.401 e. The maximum Gasteiger partial charge on any atom is 0.243 e. The van der Waals surface area contributed by atoms with Gasteiger partial charge in [-0.3, -0.25) is 9.59 Å². The highest BCUT2D eigenvalue weighted by molar-refractivity contribution is 5.87. The molecule has 1 aliphatic rings. The summed E-state index contributed by atoms with van der Waals surface area (Å²) in [6, 6.07) is -0.0268. The molecule has 26 heavy (non-hydrogen) atoms. The van der Waals surface area contributed by atoms with E-state index in [2.05, 4.69) is 24.9 Å². The molecule has 144 valence electrons. The minimum atomic E-state index is -0.177. The Kier molecular flexibility index (Phi) is 9.07. The van der Waals surface area contributed by atoms with Gasteiger partial charge in [0.05, 0.1) is 18.2 Å². The lowest BCUT2D eigenvalue weighted by Crippen LogP contribution is -2.50. The van der Waals surface area contributed by atoms with Crippen LogP contribution in [0.25, 0.3) is 0 Å². The topological polar surface area (TPSA) is 81.4 Å². The SMILES string of the molecule is C=C/C(C)=C/C[C@@H]1O[C@H](C)[C@H](NC(=O)/C=C\C(C)C(N)=CC=O)C[C@@H]1C. The molecule has 1 amide bonds. The van der Waals surface area contributed by atoms with E-state index in [1.807, 2.05) is 26.8 Å². The zero-order valence-corrected chi connectivity index (χ0v) is 16.3. The van der Waals surface area contributed by atoms with Crippen LogP contribution in [0.15, 0.2) is 48.2 Å². The third kappa shape index (κ3) is 7.00. The van der Waals surface area contributed by atoms with Crippen molar-refractivity contribution in [3.8, 4) is 0 Å². The van der Waals surface area contributed by atoms with Gasteiger partial charge in [0.1, 0.15) is 6.29 Å². The minimum absolute atomic E-state index is 0.0268. The normalized spacial score (nSPS) is 28.6. The fraction of sp³-hybridized carbons (Fsp3) is 0.524. The molecule has 1 rings (SSSR count). The van der Waals surface area contributed by atoms with Crippen LogP contribution in [-0.2, 0) is 14.3 Å². The summed E-state index contributed by atoms with van der Waals surface area (Å²) >= 11 is 0. The van der Waals surface area contributed by atoms with E-state index in [9.17, 15) is 9.59 Å². The van der Waals surface area contributed by atoms with Gasteiger partial charge < -0.3 is 15.8 Å². The van der Waals surface area contributed by atoms with E-state index in [1.54, 1.807) is 6.08 Å². The molecule has 0 aromatic heterocycles. The molecule has 5 nitrogen and oxygen atoms in total. The van der Waals surface area contributed by atoms with Crippen molar-refractivity contribution in [2.75, 3.05) is 0 Å². The van der Waals surface area contributed by atoms with Crippen molar-refractivity contribution in [3.63, 3.8) is 0 Å². The van der Waals surface area contributed by atoms with Gasteiger partial charge in [-0.05, 0) is 44.8 Å². The van der Waals surface area contributed by atoms with Crippen molar-refractivity contribution >= 4 is 12.2 Å². The van der Waals surface area contributed by atoms with Crippen molar-refractivity contribution in [2.24, 2.45) is 17.6 Å².